The zero-order chi connectivity index (χ0) is 11.7. The van der Waals surface area contributed by atoms with E-state index in [9.17, 15) is 20.2 Å². The Hall–Kier alpha value is -2.50. The Morgan fingerprint density at radius 1 is 1.12 bits per heavy atom. The van der Waals surface area contributed by atoms with Gasteiger partial charge in [0.1, 0.15) is 0 Å². The second-order valence-electron chi connectivity index (χ2n) is 3.11. The molecule has 0 unspecified atom stereocenters. The molecule has 0 saturated heterocycles. The van der Waals surface area contributed by atoms with E-state index in [-0.39, 0.29) is 16.8 Å². The molecule has 0 aromatic heterocycles. The van der Waals surface area contributed by atoms with Crippen LogP contribution in [0.1, 0.15) is 0 Å². The monoisotopic (exact) mass is 217 g/mol. The molecule has 6 heteroatoms. The van der Waals surface area contributed by atoms with Crippen molar-refractivity contribution >= 4 is 22.1 Å². The first-order valence-electron chi connectivity index (χ1n) is 4.33. The van der Waals surface area contributed by atoms with Gasteiger partial charge in [-0.25, -0.2) is 0 Å². The highest BCUT2D eigenvalue weighted by molar-refractivity contribution is 5.91. The average molecular weight is 217 g/mol. The predicted molar refractivity (Wildman–Crippen MR) is 56.1 cm³/mol. The Bertz CT molecular complexity index is 594. The molecule has 2 rings (SSSR count). The molecule has 0 aliphatic heterocycles. The van der Waals surface area contributed by atoms with Crippen molar-refractivity contribution in [2.45, 2.75) is 0 Å². The van der Waals surface area contributed by atoms with E-state index in [2.05, 4.69) is 6.07 Å². The summed E-state index contributed by atoms with van der Waals surface area (Å²) in [6.07, 6.45) is 0. The van der Waals surface area contributed by atoms with Gasteiger partial charge in [0.05, 0.1) is 15.2 Å². The molecule has 0 spiro atoms. The minimum absolute atomic E-state index is 0.104. The number of nitro benzene ring substituents is 2. The maximum absolute atomic E-state index is 10.7. The number of rotatable bonds is 2. The fraction of sp³-hybridized carbons (Fsp3) is 0. The zero-order valence-corrected chi connectivity index (χ0v) is 7.91. The van der Waals surface area contributed by atoms with E-state index < -0.39 is 9.85 Å². The third-order valence-corrected chi connectivity index (χ3v) is 2.15. The van der Waals surface area contributed by atoms with Gasteiger partial charge in [-0.3, -0.25) is 20.2 Å². The van der Waals surface area contributed by atoms with Crippen LogP contribution in [-0.2, 0) is 0 Å². The van der Waals surface area contributed by atoms with E-state index in [1.807, 2.05) is 0 Å². The standard InChI is InChI=1S/C10H5N2O4/c13-11(14)8-4-5-9-7(6-8)2-1-3-10(9)12(15)16/h1-4,6H. The number of hydrogen-bond acceptors (Lipinski definition) is 4. The van der Waals surface area contributed by atoms with Gasteiger partial charge in [-0.1, -0.05) is 12.1 Å². The number of benzene rings is 2. The van der Waals surface area contributed by atoms with Gasteiger partial charge in [0, 0.05) is 24.3 Å². The van der Waals surface area contributed by atoms with Crippen LogP contribution in [0, 0.1) is 26.3 Å². The minimum atomic E-state index is -0.561. The SMILES string of the molecule is O=[N+]([O-])c1c[c]c2c([N+](=O)[O-])cccc2c1. The molecule has 2 aromatic carbocycles. The van der Waals surface area contributed by atoms with Crippen LogP contribution in [0.25, 0.3) is 10.8 Å². The van der Waals surface area contributed by atoms with Gasteiger partial charge in [0.25, 0.3) is 11.4 Å². The summed E-state index contributed by atoms with van der Waals surface area (Å²) in [4.78, 5) is 20.1. The van der Waals surface area contributed by atoms with Crippen LogP contribution in [0.15, 0.2) is 30.3 Å². The van der Waals surface area contributed by atoms with Gasteiger partial charge in [0.2, 0.25) is 0 Å². The number of non-ortho nitro benzene ring substituents is 2. The number of hydrogen-bond donors (Lipinski definition) is 0. The largest absolute Gasteiger partial charge is 0.277 e. The average Bonchev–Trinajstić information content (AvgIpc) is 2.27. The van der Waals surface area contributed by atoms with Crippen molar-refractivity contribution < 1.29 is 9.85 Å². The minimum Gasteiger partial charge on any atom is -0.258 e. The molecule has 16 heavy (non-hydrogen) atoms. The Labute approximate surface area is 89.4 Å². The van der Waals surface area contributed by atoms with E-state index in [1.165, 1.54) is 18.2 Å². The van der Waals surface area contributed by atoms with E-state index in [0.29, 0.717) is 5.39 Å². The van der Waals surface area contributed by atoms with E-state index in [0.717, 1.165) is 6.07 Å². The van der Waals surface area contributed by atoms with Crippen LogP contribution in [0.2, 0.25) is 0 Å². The summed E-state index contributed by atoms with van der Waals surface area (Å²) < 4.78 is 0. The molecule has 0 bridgehead atoms. The summed E-state index contributed by atoms with van der Waals surface area (Å²) in [6, 6.07) is 9.39. The lowest BCUT2D eigenvalue weighted by Crippen LogP contribution is -1.91. The topological polar surface area (TPSA) is 86.3 Å². The lowest BCUT2D eigenvalue weighted by atomic mass is 10.1. The van der Waals surface area contributed by atoms with Crippen LogP contribution < -0.4 is 0 Å². The lowest BCUT2D eigenvalue weighted by molar-refractivity contribution is -0.385. The Kier molecular flexibility index (Phi) is 2.24. The highest BCUT2D eigenvalue weighted by atomic mass is 16.6. The summed E-state index contributed by atoms with van der Waals surface area (Å²) in [7, 11) is 0. The van der Waals surface area contributed by atoms with Crippen molar-refractivity contribution in [3.05, 3.63) is 56.6 Å². The summed E-state index contributed by atoms with van der Waals surface area (Å²) in [5, 5.41) is 21.9. The molecule has 0 aliphatic carbocycles. The van der Waals surface area contributed by atoms with E-state index in [4.69, 9.17) is 0 Å². The lowest BCUT2D eigenvalue weighted by Gasteiger charge is -1.98. The Balaban J connectivity index is 2.73. The number of nitrogens with zero attached hydrogens (tertiary/aromatic N) is 2. The molecule has 2 aromatic rings. The molecule has 0 aliphatic rings. The molecule has 0 amide bonds. The molecule has 1 radical (unpaired) electrons. The van der Waals surface area contributed by atoms with Crippen molar-refractivity contribution in [2.24, 2.45) is 0 Å². The zero-order valence-electron chi connectivity index (χ0n) is 7.91. The summed E-state index contributed by atoms with van der Waals surface area (Å²) in [5.74, 6) is 0. The molecular formula is C10H5N2O4. The highest BCUT2D eigenvalue weighted by Gasteiger charge is 2.14. The fourth-order valence-electron chi connectivity index (χ4n) is 1.44. The maximum Gasteiger partial charge on any atom is 0.277 e. The smallest absolute Gasteiger partial charge is 0.258 e. The first-order valence-corrected chi connectivity index (χ1v) is 4.33. The summed E-state index contributed by atoms with van der Waals surface area (Å²) in [5.41, 5.74) is -0.236. The molecular weight excluding hydrogens is 212 g/mol. The van der Waals surface area contributed by atoms with Crippen LogP contribution in [0.3, 0.4) is 0 Å². The summed E-state index contributed by atoms with van der Waals surface area (Å²) >= 11 is 0. The fourth-order valence-corrected chi connectivity index (χ4v) is 1.44. The van der Waals surface area contributed by atoms with Gasteiger partial charge in [-0.2, -0.15) is 0 Å². The van der Waals surface area contributed by atoms with Crippen LogP contribution in [0.5, 0.6) is 0 Å². The molecule has 0 atom stereocenters. The summed E-state index contributed by atoms with van der Waals surface area (Å²) in [6.45, 7) is 0. The van der Waals surface area contributed by atoms with Gasteiger partial charge in [0.15, 0.2) is 0 Å². The third kappa shape index (κ3) is 1.56. The van der Waals surface area contributed by atoms with Gasteiger partial charge < -0.3 is 0 Å². The van der Waals surface area contributed by atoms with E-state index >= 15 is 0 Å². The van der Waals surface area contributed by atoms with Crippen LogP contribution in [-0.4, -0.2) is 9.85 Å². The first kappa shape index (κ1) is 10.0. The Morgan fingerprint density at radius 3 is 2.50 bits per heavy atom. The quantitative estimate of drug-likeness (QED) is 0.571. The van der Waals surface area contributed by atoms with Crippen molar-refractivity contribution in [1.82, 2.24) is 0 Å². The van der Waals surface area contributed by atoms with Crippen LogP contribution in [0.4, 0.5) is 11.4 Å². The van der Waals surface area contributed by atoms with Crippen LogP contribution >= 0.6 is 0 Å². The molecule has 0 saturated carbocycles. The molecule has 0 fully saturated rings. The molecule has 0 N–H and O–H groups in total. The number of nitro groups is 2. The van der Waals surface area contributed by atoms with Crippen molar-refractivity contribution in [1.29, 1.82) is 0 Å². The maximum atomic E-state index is 10.7. The highest BCUT2D eigenvalue weighted by Crippen LogP contribution is 2.27. The van der Waals surface area contributed by atoms with Gasteiger partial charge in [-0.15, -0.1) is 0 Å². The third-order valence-electron chi connectivity index (χ3n) is 2.15. The molecule has 6 nitrogen and oxygen atoms in total. The predicted octanol–water partition coefficient (Wildman–Crippen LogP) is 2.46. The number of fused-ring (bicyclic) bond motifs is 1. The first-order chi connectivity index (χ1) is 7.59. The van der Waals surface area contributed by atoms with Crippen molar-refractivity contribution in [3.63, 3.8) is 0 Å². The van der Waals surface area contributed by atoms with Gasteiger partial charge >= 0.3 is 0 Å². The Morgan fingerprint density at radius 2 is 1.88 bits per heavy atom. The second-order valence-corrected chi connectivity index (χ2v) is 3.11. The van der Waals surface area contributed by atoms with Crippen molar-refractivity contribution in [3.8, 4) is 0 Å². The van der Waals surface area contributed by atoms with Crippen molar-refractivity contribution in [2.75, 3.05) is 0 Å². The van der Waals surface area contributed by atoms with E-state index in [1.54, 1.807) is 6.07 Å². The molecule has 79 valence electrons. The molecule has 0 heterocycles. The second kappa shape index (κ2) is 3.58. The normalized spacial score (nSPS) is 10.2. The van der Waals surface area contributed by atoms with Gasteiger partial charge in [-0.05, 0) is 5.39 Å².